The van der Waals surface area contributed by atoms with Crippen LogP contribution in [0.3, 0.4) is 0 Å². The van der Waals surface area contributed by atoms with Gasteiger partial charge in [0.25, 0.3) is 0 Å². The molecule has 0 saturated heterocycles. The maximum Gasteiger partial charge on any atom is 0.0682 e. The predicted octanol–water partition coefficient (Wildman–Crippen LogP) is 4.34. The van der Waals surface area contributed by atoms with Gasteiger partial charge in [-0.25, -0.2) is 0 Å². The number of rotatable bonds is 4. The second kappa shape index (κ2) is 4.91. The van der Waals surface area contributed by atoms with Gasteiger partial charge < -0.3 is 0 Å². The highest BCUT2D eigenvalue weighted by atomic mass is 32.1. The number of nitrogens with zero attached hydrogens (tertiary/aromatic N) is 1. The summed E-state index contributed by atoms with van der Waals surface area (Å²) in [6.45, 7) is 16.2. The van der Waals surface area contributed by atoms with E-state index < -0.39 is 6.15 Å². The molecule has 0 N–H and O–H groups in total. The first kappa shape index (κ1) is 13.8. The summed E-state index contributed by atoms with van der Waals surface area (Å²) >= 11 is 1.86. The molecule has 0 unspecified atom stereocenters. The third-order valence-corrected chi connectivity index (χ3v) is 5.57. The lowest BCUT2D eigenvalue weighted by Gasteiger charge is -2.49. The molecule has 1 nitrogen and oxygen atoms in total. The number of hydrogen-bond acceptors (Lipinski definition) is 2. The Morgan fingerprint density at radius 3 is 1.69 bits per heavy atom. The van der Waals surface area contributed by atoms with Gasteiger partial charge in [-0.2, -0.15) is 28.8 Å². The molecule has 0 saturated carbocycles. The molecule has 0 fully saturated rings. The number of aryl methyl sites for hydroxylation is 1. The maximum atomic E-state index is 4.79. The second-order valence-corrected chi connectivity index (χ2v) is 7.03. The lowest BCUT2D eigenvalue weighted by atomic mass is 9.10. The Hall–Kier alpha value is -0.305. The molecule has 1 rings (SSSR count). The van der Waals surface area contributed by atoms with Crippen LogP contribution in [0.5, 0.6) is 0 Å². The molecule has 1 heterocycles. The average molecular weight is 238 g/mol. The van der Waals surface area contributed by atoms with Crippen LogP contribution in [0, 0.1) is 6.92 Å². The molecule has 0 aliphatic heterocycles. The first-order chi connectivity index (χ1) is 7.33. The lowest BCUT2D eigenvalue weighted by Crippen LogP contribution is -2.55. The Balaban J connectivity index is 3.33. The molecule has 92 valence electrons. The fraction of sp³-hybridized carbons (Fsp3) is 0.769. The Morgan fingerprint density at radius 2 is 1.44 bits per heavy atom. The summed E-state index contributed by atoms with van der Waals surface area (Å²) in [4.78, 5) is 6.18. The molecular formula is C13H25BNS-. The zero-order chi connectivity index (χ0) is 12.5. The van der Waals surface area contributed by atoms with Gasteiger partial charge in [-0.15, -0.1) is 0 Å². The minimum Gasteiger partial charge on any atom is -0.290 e. The smallest absolute Gasteiger partial charge is 0.0682 e. The van der Waals surface area contributed by atoms with Crippen LogP contribution in [0.4, 0.5) is 0 Å². The van der Waals surface area contributed by atoms with E-state index >= 15 is 0 Å². The van der Waals surface area contributed by atoms with Gasteiger partial charge in [0.2, 0.25) is 0 Å². The van der Waals surface area contributed by atoms with Crippen molar-refractivity contribution < 1.29 is 0 Å². The van der Waals surface area contributed by atoms with Crippen LogP contribution in [-0.2, 0) is 0 Å². The third-order valence-electron chi connectivity index (χ3n) is 4.37. The zero-order valence-corrected chi connectivity index (χ0v) is 12.6. The highest BCUT2D eigenvalue weighted by Gasteiger charge is 2.38. The first-order valence-corrected chi connectivity index (χ1v) is 7.31. The minimum absolute atomic E-state index is 0.542. The van der Waals surface area contributed by atoms with Crippen LogP contribution in [0.2, 0.25) is 17.5 Å². The van der Waals surface area contributed by atoms with Gasteiger partial charge in [0, 0.05) is 11.1 Å². The Bertz CT molecular complexity index is 320. The highest BCUT2D eigenvalue weighted by molar-refractivity contribution is 7.25. The normalized spacial score (nSPS) is 13.1. The van der Waals surface area contributed by atoms with Crippen molar-refractivity contribution in [2.24, 2.45) is 0 Å². The quantitative estimate of drug-likeness (QED) is 0.711. The molecule has 0 atom stereocenters. The van der Waals surface area contributed by atoms with Crippen LogP contribution in [0.15, 0.2) is 5.38 Å². The van der Waals surface area contributed by atoms with Crippen LogP contribution in [0.1, 0.15) is 47.2 Å². The zero-order valence-electron chi connectivity index (χ0n) is 11.7. The van der Waals surface area contributed by atoms with Crippen molar-refractivity contribution in [3.63, 3.8) is 0 Å². The van der Waals surface area contributed by atoms with Crippen molar-refractivity contribution in [2.75, 3.05) is 0 Å². The standard InChI is InChI=1S/C13H25BNS/c1-9(2)14(10(3)4,11(5)6)13-15-12(7)8-16-13/h8-11H,1-7H3/q-1. The van der Waals surface area contributed by atoms with Gasteiger partial charge >= 0.3 is 0 Å². The summed E-state index contributed by atoms with van der Waals surface area (Å²) < 4.78 is 0. The number of aromatic nitrogens is 1. The van der Waals surface area contributed by atoms with E-state index in [1.54, 1.807) is 0 Å². The monoisotopic (exact) mass is 238 g/mol. The molecule has 1 aromatic rings. The second-order valence-electron chi connectivity index (χ2n) is 6.14. The molecule has 1 aromatic heterocycles. The lowest BCUT2D eigenvalue weighted by molar-refractivity contribution is 0.833. The third kappa shape index (κ3) is 2.06. The van der Waals surface area contributed by atoms with Gasteiger partial charge in [-0.1, -0.05) is 46.4 Å². The molecule has 0 spiro atoms. The summed E-state index contributed by atoms with van der Waals surface area (Å²) in [5.74, 6) is 2.06. The van der Waals surface area contributed by atoms with Crippen molar-refractivity contribution in [2.45, 2.75) is 65.9 Å². The molecule has 3 heteroatoms. The van der Waals surface area contributed by atoms with E-state index in [0.717, 1.165) is 0 Å². The van der Waals surface area contributed by atoms with Crippen molar-refractivity contribution in [3.05, 3.63) is 11.1 Å². The summed E-state index contributed by atoms with van der Waals surface area (Å²) in [7, 11) is 0. The Morgan fingerprint density at radius 1 is 1.00 bits per heavy atom. The molecule has 16 heavy (non-hydrogen) atoms. The first-order valence-electron chi connectivity index (χ1n) is 6.43. The van der Waals surface area contributed by atoms with E-state index in [4.69, 9.17) is 4.98 Å². The van der Waals surface area contributed by atoms with Crippen LogP contribution in [-0.4, -0.2) is 11.1 Å². The van der Waals surface area contributed by atoms with Gasteiger partial charge in [-0.05, 0) is 6.92 Å². The predicted molar refractivity (Wildman–Crippen MR) is 77.5 cm³/mol. The van der Waals surface area contributed by atoms with Gasteiger partial charge in [0.15, 0.2) is 0 Å². The molecule has 0 bridgehead atoms. The number of thiazole rings is 1. The van der Waals surface area contributed by atoms with Crippen LogP contribution >= 0.6 is 11.3 Å². The summed E-state index contributed by atoms with van der Waals surface area (Å²) in [6, 6.07) is 0. The summed E-state index contributed by atoms with van der Waals surface area (Å²) in [5.41, 5.74) is 1.17. The molecule has 0 aromatic carbocycles. The molecule has 0 amide bonds. The van der Waals surface area contributed by atoms with E-state index in [1.807, 2.05) is 11.3 Å². The molecule has 0 radical (unpaired) electrons. The van der Waals surface area contributed by atoms with E-state index in [9.17, 15) is 0 Å². The fourth-order valence-electron chi connectivity index (χ4n) is 3.77. The number of hydrogen-bond donors (Lipinski definition) is 0. The van der Waals surface area contributed by atoms with Gasteiger partial charge in [0.05, 0.1) is 6.15 Å². The minimum atomic E-state index is -0.542. The largest absolute Gasteiger partial charge is 0.290 e. The molecule has 0 aliphatic carbocycles. The van der Waals surface area contributed by atoms with Crippen molar-refractivity contribution in [1.29, 1.82) is 0 Å². The Kier molecular flexibility index (Phi) is 4.22. The SMILES string of the molecule is Cc1csc([B-](C(C)C)(C(C)C)C(C)C)n1. The van der Waals surface area contributed by atoms with Crippen molar-refractivity contribution in [1.82, 2.24) is 4.98 Å². The van der Waals surface area contributed by atoms with Gasteiger partial charge in [-0.3, -0.25) is 4.98 Å². The summed E-state index contributed by atoms with van der Waals surface area (Å²) in [5, 5.41) is 2.19. The fourth-order valence-corrected chi connectivity index (χ4v) is 5.36. The van der Waals surface area contributed by atoms with Gasteiger partial charge in [0.1, 0.15) is 0 Å². The van der Waals surface area contributed by atoms with Crippen LogP contribution in [0.25, 0.3) is 0 Å². The van der Waals surface area contributed by atoms with Crippen molar-refractivity contribution >= 4 is 22.4 Å². The van der Waals surface area contributed by atoms with E-state index in [1.165, 1.54) is 10.6 Å². The average Bonchev–Trinajstić information content (AvgIpc) is 2.50. The topological polar surface area (TPSA) is 12.9 Å². The Labute approximate surface area is 105 Å². The van der Waals surface area contributed by atoms with Crippen LogP contribution < -0.4 is 4.91 Å². The van der Waals surface area contributed by atoms with E-state index in [2.05, 4.69) is 53.8 Å². The molecule has 0 aliphatic rings. The molecular weight excluding hydrogens is 213 g/mol. The maximum absolute atomic E-state index is 4.79. The summed E-state index contributed by atoms with van der Waals surface area (Å²) in [6.07, 6.45) is -0.542. The van der Waals surface area contributed by atoms with E-state index in [-0.39, 0.29) is 0 Å². The van der Waals surface area contributed by atoms with Crippen molar-refractivity contribution in [3.8, 4) is 0 Å². The highest BCUT2D eigenvalue weighted by Crippen LogP contribution is 2.41. The van der Waals surface area contributed by atoms with E-state index in [0.29, 0.717) is 17.5 Å².